The molecule has 7 heteroatoms. The summed E-state index contributed by atoms with van der Waals surface area (Å²) in [4.78, 5) is 25.0. The van der Waals surface area contributed by atoms with E-state index in [1.54, 1.807) is 24.3 Å². The van der Waals surface area contributed by atoms with Gasteiger partial charge in [-0.1, -0.05) is 25.4 Å². The Balaban J connectivity index is 0.00000312. The van der Waals surface area contributed by atoms with Gasteiger partial charge in [-0.05, 0) is 56.0 Å². The van der Waals surface area contributed by atoms with Crippen molar-refractivity contribution in [1.82, 2.24) is 16.0 Å². The fourth-order valence-electron chi connectivity index (χ4n) is 2.82. The molecule has 2 unspecified atom stereocenters. The summed E-state index contributed by atoms with van der Waals surface area (Å²) in [5.41, 5.74) is 0.500. The summed E-state index contributed by atoms with van der Waals surface area (Å²) < 4.78 is 0. The number of carbonyl (C=O) groups is 2. The molecule has 1 heterocycles. The molecule has 25 heavy (non-hydrogen) atoms. The van der Waals surface area contributed by atoms with Gasteiger partial charge in [0.25, 0.3) is 5.91 Å². The predicted molar refractivity (Wildman–Crippen MR) is 103 cm³/mol. The van der Waals surface area contributed by atoms with Crippen molar-refractivity contribution in [3.63, 3.8) is 0 Å². The van der Waals surface area contributed by atoms with Crippen LogP contribution in [0.25, 0.3) is 0 Å². The zero-order chi connectivity index (χ0) is 17.5. The number of carbonyl (C=O) groups excluding carboxylic acids is 2. The van der Waals surface area contributed by atoms with Gasteiger partial charge in [-0.15, -0.1) is 12.4 Å². The highest BCUT2D eigenvalue weighted by atomic mass is 35.5. The van der Waals surface area contributed by atoms with Crippen LogP contribution in [0.3, 0.4) is 0 Å². The molecule has 0 spiro atoms. The highest BCUT2D eigenvalue weighted by molar-refractivity contribution is 6.30. The summed E-state index contributed by atoms with van der Waals surface area (Å²) in [6, 6.07) is 6.26. The summed E-state index contributed by atoms with van der Waals surface area (Å²) in [5, 5.41) is 9.77. The molecule has 140 valence electrons. The molecule has 5 nitrogen and oxygen atoms in total. The number of nitrogens with one attached hydrogen (secondary N) is 3. The van der Waals surface area contributed by atoms with Crippen molar-refractivity contribution < 1.29 is 9.59 Å². The molecule has 0 aromatic heterocycles. The maximum absolute atomic E-state index is 12.6. The zero-order valence-corrected chi connectivity index (χ0v) is 16.3. The van der Waals surface area contributed by atoms with Crippen LogP contribution in [0.15, 0.2) is 24.3 Å². The molecule has 2 atom stereocenters. The van der Waals surface area contributed by atoms with Crippen LogP contribution in [0.1, 0.15) is 43.5 Å². The topological polar surface area (TPSA) is 70.2 Å². The van der Waals surface area contributed by atoms with E-state index in [0.717, 1.165) is 25.9 Å². The predicted octanol–water partition coefficient (Wildman–Crippen LogP) is 2.77. The van der Waals surface area contributed by atoms with Gasteiger partial charge in [-0.2, -0.15) is 0 Å². The first-order valence-electron chi connectivity index (χ1n) is 8.53. The Hall–Kier alpha value is -1.30. The maximum Gasteiger partial charge on any atom is 0.251 e. The normalized spacial score (nSPS) is 18.2. The number of amides is 2. The zero-order valence-electron chi connectivity index (χ0n) is 14.7. The first-order chi connectivity index (χ1) is 11.5. The highest BCUT2D eigenvalue weighted by Crippen LogP contribution is 2.11. The third kappa shape index (κ3) is 7.22. The van der Waals surface area contributed by atoms with Crippen molar-refractivity contribution in [2.75, 3.05) is 13.1 Å². The van der Waals surface area contributed by atoms with Crippen LogP contribution in [0.4, 0.5) is 0 Å². The van der Waals surface area contributed by atoms with Gasteiger partial charge < -0.3 is 16.0 Å². The van der Waals surface area contributed by atoms with Crippen molar-refractivity contribution in [3.8, 4) is 0 Å². The minimum Gasteiger partial charge on any atom is -0.350 e. The largest absolute Gasteiger partial charge is 0.350 e. The first-order valence-corrected chi connectivity index (χ1v) is 8.91. The fraction of sp³-hybridized carbons (Fsp3) is 0.556. The van der Waals surface area contributed by atoms with Gasteiger partial charge in [0.05, 0.1) is 0 Å². The molecule has 1 aromatic rings. The lowest BCUT2D eigenvalue weighted by Gasteiger charge is -2.27. The van der Waals surface area contributed by atoms with E-state index in [2.05, 4.69) is 16.0 Å². The van der Waals surface area contributed by atoms with Gasteiger partial charge >= 0.3 is 0 Å². The van der Waals surface area contributed by atoms with Gasteiger partial charge in [-0.3, -0.25) is 9.59 Å². The molecule has 0 bridgehead atoms. The van der Waals surface area contributed by atoms with E-state index >= 15 is 0 Å². The summed E-state index contributed by atoms with van der Waals surface area (Å²) in [6.07, 6.45) is 2.63. The molecule has 0 saturated carbocycles. The Bertz CT molecular complexity index is 558. The average Bonchev–Trinajstić information content (AvgIpc) is 2.55. The van der Waals surface area contributed by atoms with E-state index in [1.807, 2.05) is 13.8 Å². The molecule has 3 N–H and O–H groups in total. The number of halogens is 2. The lowest BCUT2D eigenvalue weighted by Crippen LogP contribution is -2.53. The molecular formula is C18H27Cl2N3O2. The van der Waals surface area contributed by atoms with Crippen LogP contribution < -0.4 is 16.0 Å². The standard InChI is InChI=1S/C18H26ClN3O2.ClH/c1-12(2)10-16(18(24)21-15-4-3-9-20-11-15)22-17(23)13-5-7-14(19)8-6-13;/h5-8,12,15-16,20H,3-4,9-11H2,1-2H3,(H,21,24)(H,22,23);1H. The number of hydrogen-bond acceptors (Lipinski definition) is 3. The second kappa shape index (κ2) is 10.6. The summed E-state index contributed by atoms with van der Waals surface area (Å²) >= 11 is 5.85. The van der Waals surface area contributed by atoms with E-state index < -0.39 is 6.04 Å². The van der Waals surface area contributed by atoms with Crippen LogP contribution >= 0.6 is 24.0 Å². The lowest BCUT2D eigenvalue weighted by molar-refractivity contribution is -0.124. The number of benzene rings is 1. The van der Waals surface area contributed by atoms with Crippen LogP contribution in [0.5, 0.6) is 0 Å². The first kappa shape index (κ1) is 21.7. The van der Waals surface area contributed by atoms with Gasteiger partial charge in [0.15, 0.2) is 0 Å². The smallest absolute Gasteiger partial charge is 0.251 e. The van der Waals surface area contributed by atoms with E-state index in [0.29, 0.717) is 22.9 Å². The third-order valence-electron chi connectivity index (χ3n) is 4.08. The van der Waals surface area contributed by atoms with Gasteiger partial charge in [0, 0.05) is 23.2 Å². The number of rotatable bonds is 6. The lowest BCUT2D eigenvalue weighted by atomic mass is 10.0. The number of piperidine rings is 1. The summed E-state index contributed by atoms with van der Waals surface area (Å²) in [7, 11) is 0. The van der Waals surface area contributed by atoms with Crippen molar-refractivity contribution in [1.29, 1.82) is 0 Å². The monoisotopic (exact) mass is 387 g/mol. The van der Waals surface area contributed by atoms with Crippen LogP contribution in [-0.2, 0) is 4.79 Å². The Morgan fingerprint density at radius 1 is 1.28 bits per heavy atom. The molecule has 1 aliphatic rings. The average molecular weight is 388 g/mol. The van der Waals surface area contributed by atoms with Gasteiger partial charge in [0.2, 0.25) is 5.91 Å². The molecular weight excluding hydrogens is 361 g/mol. The minimum atomic E-state index is -0.532. The Kier molecular flexibility index (Phi) is 9.25. The Morgan fingerprint density at radius 2 is 1.96 bits per heavy atom. The van der Waals surface area contributed by atoms with Crippen LogP contribution in [0.2, 0.25) is 5.02 Å². The van der Waals surface area contributed by atoms with E-state index in [-0.39, 0.29) is 30.3 Å². The van der Waals surface area contributed by atoms with Crippen molar-refractivity contribution in [3.05, 3.63) is 34.9 Å². The second-order valence-electron chi connectivity index (χ2n) is 6.71. The molecule has 1 saturated heterocycles. The van der Waals surface area contributed by atoms with Gasteiger partial charge in [-0.25, -0.2) is 0 Å². The molecule has 1 aromatic carbocycles. The summed E-state index contributed by atoms with van der Waals surface area (Å²) in [5.74, 6) is -0.0651. The van der Waals surface area contributed by atoms with E-state index in [4.69, 9.17) is 11.6 Å². The SMILES string of the molecule is CC(C)CC(NC(=O)c1ccc(Cl)cc1)C(=O)NC1CCCNC1.Cl. The van der Waals surface area contributed by atoms with Crippen molar-refractivity contribution >= 4 is 35.8 Å². The molecule has 2 amide bonds. The van der Waals surface area contributed by atoms with E-state index in [1.165, 1.54) is 0 Å². The number of hydrogen-bond donors (Lipinski definition) is 3. The maximum atomic E-state index is 12.6. The minimum absolute atomic E-state index is 0. The fourth-order valence-corrected chi connectivity index (χ4v) is 2.95. The molecule has 0 aliphatic carbocycles. The molecule has 1 aliphatic heterocycles. The van der Waals surface area contributed by atoms with Crippen LogP contribution in [-0.4, -0.2) is 37.0 Å². The Morgan fingerprint density at radius 3 is 2.52 bits per heavy atom. The molecule has 1 fully saturated rings. The van der Waals surface area contributed by atoms with Crippen molar-refractivity contribution in [2.24, 2.45) is 5.92 Å². The Labute approximate surface area is 160 Å². The highest BCUT2D eigenvalue weighted by Gasteiger charge is 2.25. The van der Waals surface area contributed by atoms with E-state index in [9.17, 15) is 9.59 Å². The van der Waals surface area contributed by atoms with Gasteiger partial charge in [0.1, 0.15) is 6.04 Å². The van der Waals surface area contributed by atoms with Crippen molar-refractivity contribution in [2.45, 2.75) is 45.2 Å². The third-order valence-corrected chi connectivity index (χ3v) is 4.33. The second-order valence-corrected chi connectivity index (χ2v) is 7.15. The quantitative estimate of drug-likeness (QED) is 0.702. The van der Waals surface area contributed by atoms with Crippen LogP contribution in [0, 0.1) is 5.92 Å². The molecule has 0 radical (unpaired) electrons. The summed E-state index contributed by atoms with van der Waals surface area (Å²) in [6.45, 7) is 5.86. The molecule has 2 rings (SSSR count).